The highest BCUT2D eigenvalue weighted by Gasteiger charge is 2.06. The first-order chi connectivity index (χ1) is 5.65. The summed E-state index contributed by atoms with van der Waals surface area (Å²) in [5.41, 5.74) is 6.33. The summed E-state index contributed by atoms with van der Waals surface area (Å²) in [5, 5.41) is 9.37. The minimum Gasteiger partial charge on any atom is -0.508 e. The van der Waals surface area contributed by atoms with E-state index in [9.17, 15) is 5.11 Å². The van der Waals surface area contributed by atoms with E-state index < -0.39 is 0 Å². The summed E-state index contributed by atoms with van der Waals surface area (Å²) >= 11 is 0. The Morgan fingerprint density at radius 1 is 1.50 bits per heavy atom. The largest absolute Gasteiger partial charge is 0.508 e. The first-order valence-electron chi connectivity index (χ1n) is 3.77. The summed E-state index contributed by atoms with van der Waals surface area (Å²) in [6.45, 7) is 1.81. The second-order valence-corrected chi connectivity index (χ2v) is 2.71. The fourth-order valence-corrected chi connectivity index (χ4v) is 1.02. The number of ether oxygens (including phenoxy) is 1. The van der Waals surface area contributed by atoms with E-state index in [0.717, 1.165) is 0 Å². The molecule has 0 aliphatic carbocycles. The summed E-state index contributed by atoms with van der Waals surface area (Å²) in [7, 11) is 1.58. The minimum atomic E-state index is -0.180. The van der Waals surface area contributed by atoms with Crippen molar-refractivity contribution < 1.29 is 9.84 Å². The van der Waals surface area contributed by atoms with Crippen LogP contribution in [0.2, 0.25) is 0 Å². The molecule has 1 aromatic carbocycles. The van der Waals surface area contributed by atoms with Crippen LogP contribution < -0.4 is 10.5 Å². The minimum absolute atomic E-state index is 0.180. The molecule has 0 aromatic heterocycles. The van der Waals surface area contributed by atoms with Crippen LogP contribution in [0.1, 0.15) is 18.5 Å². The molecule has 12 heavy (non-hydrogen) atoms. The topological polar surface area (TPSA) is 55.5 Å². The molecule has 0 aliphatic rings. The van der Waals surface area contributed by atoms with Gasteiger partial charge in [-0.05, 0) is 25.1 Å². The van der Waals surface area contributed by atoms with Crippen LogP contribution in [0.5, 0.6) is 11.5 Å². The van der Waals surface area contributed by atoms with Crippen LogP contribution in [0.15, 0.2) is 18.2 Å². The van der Waals surface area contributed by atoms with Gasteiger partial charge in [0.05, 0.1) is 7.11 Å². The normalized spacial score (nSPS) is 12.6. The van der Waals surface area contributed by atoms with Crippen molar-refractivity contribution in [3.63, 3.8) is 0 Å². The predicted molar refractivity (Wildman–Crippen MR) is 47.3 cm³/mol. The van der Waals surface area contributed by atoms with Gasteiger partial charge in [-0.15, -0.1) is 0 Å². The summed E-state index contributed by atoms with van der Waals surface area (Å²) in [4.78, 5) is 0. The molecule has 3 nitrogen and oxygen atoms in total. The van der Waals surface area contributed by atoms with Crippen molar-refractivity contribution in [2.24, 2.45) is 5.73 Å². The van der Waals surface area contributed by atoms with E-state index >= 15 is 0 Å². The molecule has 3 N–H and O–H groups in total. The lowest BCUT2D eigenvalue weighted by Gasteiger charge is -2.09. The van der Waals surface area contributed by atoms with Gasteiger partial charge in [0.1, 0.15) is 11.5 Å². The molecule has 1 atom stereocenters. The Kier molecular flexibility index (Phi) is 2.55. The third kappa shape index (κ3) is 1.68. The molecular formula is C9H13NO2. The van der Waals surface area contributed by atoms with Crippen molar-refractivity contribution in [2.45, 2.75) is 13.0 Å². The van der Waals surface area contributed by atoms with E-state index in [4.69, 9.17) is 10.5 Å². The highest BCUT2D eigenvalue weighted by atomic mass is 16.5. The Morgan fingerprint density at radius 2 is 2.17 bits per heavy atom. The zero-order valence-electron chi connectivity index (χ0n) is 7.24. The van der Waals surface area contributed by atoms with Crippen LogP contribution >= 0.6 is 0 Å². The summed E-state index contributed by atoms with van der Waals surface area (Å²) in [6.07, 6.45) is 0. The third-order valence-corrected chi connectivity index (χ3v) is 1.73. The number of phenols is 1. The fourth-order valence-electron chi connectivity index (χ4n) is 1.02. The van der Waals surface area contributed by atoms with Gasteiger partial charge in [-0.3, -0.25) is 0 Å². The molecule has 0 saturated carbocycles. The van der Waals surface area contributed by atoms with Gasteiger partial charge in [0.25, 0.3) is 0 Å². The number of phenolic OH excluding ortho intramolecular Hbond substituents is 1. The van der Waals surface area contributed by atoms with Crippen LogP contribution in [0.25, 0.3) is 0 Å². The molecular weight excluding hydrogens is 154 g/mol. The molecule has 0 unspecified atom stereocenters. The molecule has 1 aromatic rings. The number of aromatic hydroxyl groups is 1. The van der Waals surface area contributed by atoms with Gasteiger partial charge >= 0.3 is 0 Å². The predicted octanol–water partition coefficient (Wildman–Crippen LogP) is 1.42. The highest BCUT2D eigenvalue weighted by Crippen LogP contribution is 2.26. The van der Waals surface area contributed by atoms with Crippen molar-refractivity contribution in [1.29, 1.82) is 0 Å². The van der Waals surface area contributed by atoms with Crippen LogP contribution in [-0.4, -0.2) is 12.2 Å². The molecule has 0 aliphatic heterocycles. The van der Waals surface area contributed by atoms with Gasteiger partial charge in [0, 0.05) is 11.6 Å². The maximum Gasteiger partial charge on any atom is 0.120 e. The Bertz CT molecular complexity index is 271. The summed E-state index contributed by atoms with van der Waals surface area (Å²) in [5.74, 6) is 0.922. The van der Waals surface area contributed by atoms with Gasteiger partial charge in [0.15, 0.2) is 0 Å². The number of rotatable bonds is 2. The van der Waals surface area contributed by atoms with Crippen LogP contribution in [0.4, 0.5) is 0 Å². The maximum absolute atomic E-state index is 9.37. The van der Waals surface area contributed by atoms with Crippen molar-refractivity contribution in [3.8, 4) is 11.5 Å². The molecule has 0 bridgehead atoms. The first kappa shape index (κ1) is 8.87. The van der Waals surface area contributed by atoms with Gasteiger partial charge in [-0.1, -0.05) is 0 Å². The number of hydrogen-bond acceptors (Lipinski definition) is 3. The van der Waals surface area contributed by atoms with Gasteiger partial charge in [0.2, 0.25) is 0 Å². The number of nitrogens with two attached hydrogens (primary N) is 1. The lowest BCUT2D eigenvalue weighted by molar-refractivity contribution is 0.410. The zero-order chi connectivity index (χ0) is 9.14. The average molecular weight is 167 g/mol. The second-order valence-electron chi connectivity index (χ2n) is 2.71. The van der Waals surface area contributed by atoms with E-state index in [0.29, 0.717) is 11.3 Å². The molecule has 0 heterocycles. The second kappa shape index (κ2) is 3.45. The standard InChI is InChI=1S/C9H13NO2/c1-6(10)8-5-7(12-2)3-4-9(8)11/h3-6,11H,10H2,1-2H3/t6-/m1/s1. The number of methoxy groups -OCH3 is 1. The van der Waals surface area contributed by atoms with Crippen LogP contribution in [0.3, 0.4) is 0 Å². The maximum atomic E-state index is 9.37. The van der Waals surface area contributed by atoms with Gasteiger partial charge in [-0.2, -0.15) is 0 Å². The number of benzene rings is 1. The monoisotopic (exact) mass is 167 g/mol. The quantitative estimate of drug-likeness (QED) is 0.700. The van der Waals surface area contributed by atoms with E-state index in [-0.39, 0.29) is 11.8 Å². The molecule has 0 radical (unpaired) electrons. The van der Waals surface area contributed by atoms with E-state index in [1.165, 1.54) is 0 Å². The fraction of sp³-hybridized carbons (Fsp3) is 0.333. The lowest BCUT2D eigenvalue weighted by atomic mass is 10.1. The van der Waals surface area contributed by atoms with Crippen LogP contribution in [-0.2, 0) is 0 Å². The summed E-state index contributed by atoms with van der Waals surface area (Å²) in [6, 6.07) is 4.83. The molecule has 66 valence electrons. The van der Waals surface area contributed by atoms with Crippen molar-refractivity contribution in [3.05, 3.63) is 23.8 Å². The Labute approximate surface area is 71.8 Å². The van der Waals surface area contributed by atoms with Crippen molar-refractivity contribution in [1.82, 2.24) is 0 Å². The average Bonchev–Trinajstić information content (AvgIpc) is 2.05. The van der Waals surface area contributed by atoms with E-state index in [2.05, 4.69) is 0 Å². The zero-order valence-corrected chi connectivity index (χ0v) is 7.24. The SMILES string of the molecule is COc1ccc(O)c([C@@H](C)N)c1. The Morgan fingerprint density at radius 3 is 2.67 bits per heavy atom. The first-order valence-corrected chi connectivity index (χ1v) is 3.77. The van der Waals surface area contributed by atoms with E-state index in [1.807, 2.05) is 6.92 Å². The molecule has 0 amide bonds. The van der Waals surface area contributed by atoms with E-state index in [1.54, 1.807) is 25.3 Å². The van der Waals surface area contributed by atoms with Crippen molar-refractivity contribution in [2.75, 3.05) is 7.11 Å². The molecule has 0 fully saturated rings. The molecule has 1 rings (SSSR count). The Hall–Kier alpha value is -1.22. The van der Waals surface area contributed by atoms with Crippen molar-refractivity contribution >= 4 is 0 Å². The van der Waals surface area contributed by atoms with Gasteiger partial charge in [-0.25, -0.2) is 0 Å². The lowest BCUT2D eigenvalue weighted by Crippen LogP contribution is -2.05. The van der Waals surface area contributed by atoms with Crippen LogP contribution in [0, 0.1) is 0 Å². The molecule has 0 saturated heterocycles. The molecule has 3 heteroatoms. The highest BCUT2D eigenvalue weighted by molar-refractivity contribution is 5.40. The summed E-state index contributed by atoms with van der Waals surface area (Å²) < 4.78 is 4.99. The third-order valence-electron chi connectivity index (χ3n) is 1.73. The van der Waals surface area contributed by atoms with Gasteiger partial charge < -0.3 is 15.6 Å². The number of hydrogen-bond donors (Lipinski definition) is 2. The molecule has 0 spiro atoms. The smallest absolute Gasteiger partial charge is 0.120 e. The Balaban J connectivity index is 3.08.